The summed E-state index contributed by atoms with van der Waals surface area (Å²) in [5.74, 6) is 2.69. The molecule has 0 bridgehead atoms. The van der Waals surface area contributed by atoms with E-state index in [9.17, 15) is 0 Å². The molecule has 0 fully saturated rings. The number of nitrogens with one attached hydrogen (secondary N) is 2. The molecule has 0 amide bonds. The molecule has 0 aliphatic rings. The third-order valence-electron chi connectivity index (χ3n) is 2.53. The van der Waals surface area contributed by atoms with Gasteiger partial charge in [-0.05, 0) is 32.9 Å². The zero-order valence-electron chi connectivity index (χ0n) is 9.69. The molecule has 2 rings (SSSR count). The van der Waals surface area contributed by atoms with Crippen molar-refractivity contribution in [3.63, 3.8) is 0 Å². The maximum absolute atomic E-state index is 5.55. The molecule has 2 N–H and O–H groups in total. The molecule has 86 valence electrons. The molecule has 0 saturated carbocycles. The Kier molecular flexibility index (Phi) is 3.05. The van der Waals surface area contributed by atoms with Crippen LogP contribution in [0.2, 0.25) is 0 Å². The molecule has 0 spiro atoms. The lowest BCUT2D eigenvalue weighted by molar-refractivity contribution is 0.387. The van der Waals surface area contributed by atoms with Crippen LogP contribution in [0.25, 0.3) is 0 Å². The molecule has 5 heteroatoms. The zero-order valence-corrected chi connectivity index (χ0v) is 9.69. The van der Waals surface area contributed by atoms with Gasteiger partial charge in [0.15, 0.2) is 0 Å². The minimum Gasteiger partial charge on any atom is -0.465 e. The first-order valence-electron chi connectivity index (χ1n) is 5.34. The van der Waals surface area contributed by atoms with Gasteiger partial charge in [0.05, 0.1) is 12.1 Å². The number of aryl methyl sites for hydroxylation is 1. The molecule has 2 aromatic heterocycles. The lowest BCUT2D eigenvalue weighted by Gasteiger charge is -2.16. The van der Waals surface area contributed by atoms with Crippen LogP contribution >= 0.6 is 0 Å². The standard InChI is InChI=1S/C11H16N4O/c1-7-4-5-10(16-7)8(2)14-9(3)11-12-6-13-15-11/h4-6,8-9,14H,1-3H3,(H,12,13,15). The van der Waals surface area contributed by atoms with Crippen LogP contribution in [0.15, 0.2) is 22.9 Å². The molecule has 0 aliphatic carbocycles. The first-order chi connectivity index (χ1) is 7.66. The Hall–Kier alpha value is -1.62. The van der Waals surface area contributed by atoms with E-state index in [2.05, 4.69) is 27.4 Å². The Balaban J connectivity index is 2.00. The van der Waals surface area contributed by atoms with Gasteiger partial charge < -0.3 is 4.42 Å². The van der Waals surface area contributed by atoms with Gasteiger partial charge in [0.2, 0.25) is 0 Å². The summed E-state index contributed by atoms with van der Waals surface area (Å²) in [6, 6.07) is 4.21. The number of hydrogen-bond acceptors (Lipinski definition) is 4. The summed E-state index contributed by atoms with van der Waals surface area (Å²) < 4.78 is 5.55. The Morgan fingerprint density at radius 2 is 2.12 bits per heavy atom. The van der Waals surface area contributed by atoms with Gasteiger partial charge in [-0.3, -0.25) is 10.4 Å². The predicted molar refractivity (Wildman–Crippen MR) is 59.8 cm³/mol. The fourth-order valence-corrected chi connectivity index (χ4v) is 1.65. The fourth-order valence-electron chi connectivity index (χ4n) is 1.65. The van der Waals surface area contributed by atoms with Crippen LogP contribution in [0.3, 0.4) is 0 Å². The van der Waals surface area contributed by atoms with Crippen LogP contribution in [-0.2, 0) is 0 Å². The SMILES string of the molecule is Cc1ccc(C(C)NC(C)c2ncn[nH]2)o1. The van der Waals surface area contributed by atoms with Crippen LogP contribution in [-0.4, -0.2) is 15.2 Å². The molecule has 0 aliphatic heterocycles. The third-order valence-corrected chi connectivity index (χ3v) is 2.53. The summed E-state index contributed by atoms with van der Waals surface area (Å²) in [4.78, 5) is 4.11. The van der Waals surface area contributed by atoms with Crippen molar-refractivity contribution in [2.75, 3.05) is 0 Å². The lowest BCUT2D eigenvalue weighted by Crippen LogP contribution is -2.23. The maximum Gasteiger partial charge on any atom is 0.141 e. The highest BCUT2D eigenvalue weighted by Gasteiger charge is 2.15. The third kappa shape index (κ3) is 2.30. The van der Waals surface area contributed by atoms with Crippen LogP contribution in [0.5, 0.6) is 0 Å². The molecule has 0 aromatic carbocycles. The molecule has 0 saturated heterocycles. The molecule has 5 nitrogen and oxygen atoms in total. The van der Waals surface area contributed by atoms with E-state index in [1.165, 1.54) is 6.33 Å². The molecule has 2 aromatic rings. The predicted octanol–water partition coefficient (Wildman–Crippen LogP) is 2.12. The smallest absolute Gasteiger partial charge is 0.141 e. The maximum atomic E-state index is 5.55. The summed E-state index contributed by atoms with van der Waals surface area (Å²) in [6.07, 6.45) is 1.51. The largest absolute Gasteiger partial charge is 0.465 e. The number of nitrogens with zero attached hydrogens (tertiary/aromatic N) is 2. The molecule has 2 unspecified atom stereocenters. The van der Waals surface area contributed by atoms with Crippen LogP contribution < -0.4 is 5.32 Å². The van der Waals surface area contributed by atoms with Gasteiger partial charge in [0.25, 0.3) is 0 Å². The van der Waals surface area contributed by atoms with Gasteiger partial charge >= 0.3 is 0 Å². The highest BCUT2D eigenvalue weighted by atomic mass is 16.3. The Bertz CT molecular complexity index is 435. The number of rotatable bonds is 4. The number of aromatic amines is 1. The Morgan fingerprint density at radius 1 is 1.31 bits per heavy atom. The Labute approximate surface area is 94.3 Å². The van der Waals surface area contributed by atoms with Crippen LogP contribution in [0.1, 0.15) is 43.3 Å². The van der Waals surface area contributed by atoms with Gasteiger partial charge in [-0.1, -0.05) is 0 Å². The van der Waals surface area contributed by atoms with Crippen molar-refractivity contribution in [1.82, 2.24) is 20.5 Å². The lowest BCUT2D eigenvalue weighted by atomic mass is 10.2. The van der Waals surface area contributed by atoms with Crippen molar-refractivity contribution in [2.24, 2.45) is 0 Å². The molecule has 2 heterocycles. The minimum absolute atomic E-state index is 0.114. The average molecular weight is 220 g/mol. The topological polar surface area (TPSA) is 66.7 Å². The van der Waals surface area contributed by atoms with Crippen molar-refractivity contribution in [1.29, 1.82) is 0 Å². The van der Waals surface area contributed by atoms with Crippen molar-refractivity contribution in [3.8, 4) is 0 Å². The summed E-state index contributed by atoms with van der Waals surface area (Å²) in [5.41, 5.74) is 0. The number of aromatic nitrogens is 3. The molecular formula is C11H16N4O. The normalized spacial score (nSPS) is 14.9. The van der Waals surface area contributed by atoms with E-state index in [1.54, 1.807) is 0 Å². The van der Waals surface area contributed by atoms with E-state index < -0.39 is 0 Å². The fraction of sp³-hybridized carbons (Fsp3) is 0.455. The van der Waals surface area contributed by atoms with Gasteiger partial charge in [-0.25, -0.2) is 4.98 Å². The van der Waals surface area contributed by atoms with E-state index in [-0.39, 0.29) is 12.1 Å². The first-order valence-corrected chi connectivity index (χ1v) is 5.34. The van der Waals surface area contributed by atoms with Gasteiger partial charge in [-0.2, -0.15) is 5.10 Å². The first kappa shape index (κ1) is 10.9. The van der Waals surface area contributed by atoms with E-state index >= 15 is 0 Å². The van der Waals surface area contributed by atoms with E-state index in [4.69, 9.17) is 4.42 Å². The zero-order chi connectivity index (χ0) is 11.5. The van der Waals surface area contributed by atoms with E-state index in [0.717, 1.165) is 17.3 Å². The summed E-state index contributed by atoms with van der Waals surface area (Å²) >= 11 is 0. The van der Waals surface area contributed by atoms with Gasteiger partial charge in [-0.15, -0.1) is 0 Å². The van der Waals surface area contributed by atoms with Crippen molar-refractivity contribution >= 4 is 0 Å². The summed E-state index contributed by atoms with van der Waals surface area (Å²) in [5, 5.41) is 10.1. The summed E-state index contributed by atoms with van der Waals surface area (Å²) in [6.45, 7) is 6.04. The van der Waals surface area contributed by atoms with Crippen LogP contribution in [0, 0.1) is 6.92 Å². The van der Waals surface area contributed by atoms with Crippen molar-refractivity contribution in [3.05, 3.63) is 35.8 Å². The van der Waals surface area contributed by atoms with Gasteiger partial charge in [0.1, 0.15) is 23.7 Å². The number of hydrogen-bond donors (Lipinski definition) is 2. The van der Waals surface area contributed by atoms with E-state index in [1.807, 2.05) is 26.0 Å². The van der Waals surface area contributed by atoms with Crippen LogP contribution in [0.4, 0.5) is 0 Å². The number of furan rings is 1. The molecular weight excluding hydrogens is 204 g/mol. The number of H-pyrrole nitrogens is 1. The van der Waals surface area contributed by atoms with Crippen molar-refractivity contribution < 1.29 is 4.42 Å². The highest BCUT2D eigenvalue weighted by Crippen LogP contribution is 2.18. The van der Waals surface area contributed by atoms with Crippen molar-refractivity contribution in [2.45, 2.75) is 32.9 Å². The minimum atomic E-state index is 0.114. The summed E-state index contributed by atoms with van der Waals surface area (Å²) in [7, 11) is 0. The van der Waals surface area contributed by atoms with E-state index in [0.29, 0.717) is 0 Å². The quantitative estimate of drug-likeness (QED) is 0.828. The monoisotopic (exact) mass is 220 g/mol. The molecule has 0 radical (unpaired) electrons. The molecule has 2 atom stereocenters. The highest BCUT2D eigenvalue weighted by molar-refractivity contribution is 5.09. The second kappa shape index (κ2) is 4.49. The second-order valence-electron chi connectivity index (χ2n) is 3.93. The second-order valence-corrected chi connectivity index (χ2v) is 3.93. The molecule has 16 heavy (non-hydrogen) atoms. The average Bonchev–Trinajstić information content (AvgIpc) is 2.87. The van der Waals surface area contributed by atoms with Gasteiger partial charge in [0, 0.05) is 0 Å². The Morgan fingerprint density at radius 3 is 2.69 bits per heavy atom.